The van der Waals surface area contributed by atoms with Gasteiger partial charge < -0.3 is 9.52 Å². The number of carboxylic acid groups (broad SMARTS) is 1. The van der Waals surface area contributed by atoms with Gasteiger partial charge in [-0.15, -0.1) is 0 Å². The van der Waals surface area contributed by atoms with E-state index in [1.807, 2.05) is 11.8 Å². The number of fused-ring (bicyclic) bond motifs is 1. The second-order valence-corrected chi connectivity index (χ2v) is 5.02. The summed E-state index contributed by atoms with van der Waals surface area (Å²) >= 11 is 0. The highest BCUT2D eigenvalue weighted by Crippen LogP contribution is 2.28. The van der Waals surface area contributed by atoms with Gasteiger partial charge in [0.25, 0.3) is 0 Å². The summed E-state index contributed by atoms with van der Waals surface area (Å²) in [7, 11) is 0. The molecule has 1 N–H and O–H groups in total. The van der Waals surface area contributed by atoms with E-state index in [2.05, 4.69) is 0 Å². The molecule has 0 amide bonds. The highest BCUT2D eigenvalue weighted by molar-refractivity contribution is 5.82. The Morgan fingerprint density at radius 3 is 2.95 bits per heavy atom. The molecule has 3 rings (SSSR count). The Bertz CT molecular complexity index is 643. The molecule has 0 bridgehead atoms. The van der Waals surface area contributed by atoms with Crippen LogP contribution in [0.2, 0.25) is 0 Å². The van der Waals surface area contributed by atoms with E-state index in [9.17, 15) is 9.18 Å². The normalized spacial score (nSPS) is 16.7. The van der Waals surface area contributed by atoms with E-state index in [4.69, 9.17) is 9.52 Å². The molecule has 1 aromatic heterocycles. The molecule has 0 spiro atoms. The van der Waals surface area contributed by atoms with Crippen LogP contribution in [0.4, 0.5) is 4.39 Å². The molecule has 2 heterocycles. The number of hydrogen-bond donors (Lipinski definition) is 1. The van der Waals surface area contributed by atoms with E-state index in [1.54, 1.807) is 6.07 Å². The first-order valence-corrected chi connectivity index (χ1v) is 6.17. The van der Waals surface area contributed by atoms with E-state index in [1.165, 1.54) is 12.1 Å². The van der Waals surface area contributed by atoms with Crippen LogP contribution in [0, 0.1) is 18.7 Å². The third-order valence-corrected chi connectivity index (χ3v) is 3.67. The molecular weight excluding hydrogens is 249 g/mol. The van der Waals surface area contributed by atoms with Crippen LogP contribution < -0.4 is 0 Å². The number of likely N-dealkylation sites (tertiary alicyclic amines) is 1. The zero-order chi connectivity index (χ0) is 13.6. The number of halogens is 1. The number of carbonyl (C=O) groups is 1. The van der Waals surface area contributed by atoms with Crippen LogP contribution in [0.3, 0.4) is 0 Å². The monoisotopic (exact) mass is 263 g/mol. The minimum atomic E-state index is -0.750. The fraction of sp³-hybridized carbons (Fsp3) is 0.357. The Balaban J connectivity index is 1.79. The molecule has 0 radical (unpaired) electrons. The van der Waals surface area contributed by atoms with Gasteiger partial charge in [0.05, 0.1) is 12.5 Å². The molecule has 1 fully saturated rings. The van der Waals surface area contributed by atoms with Gasteiger partial charge in [-0.1, -0.05) is 0 Å². The second kappa shape index (κ2) is 4.35. The van der Waals surface area contributed by atoms with Crippen molar-refractivity contribution in [2.24, 2.45) is 5.92 Å². The van der Waals surface area contributed by atoms with Crippen LogP contribution in [0.1, 0.15) is 11.3 Å². The average Bonchev–Trinajstić information content (AvgIpc) is 2.60. The molecule has 1 aliphatic rings. The second-order valence-electron chi connectivity index (χ2n) is 5.02. The van der Waals surface area contributed by atoms with Gasteiger partial charge in [0.1, 0.15) is 17.2 Å². The predicted molar refractivity (Wildman–Crippen MR) is 67.3 cm³/mol. The molecule has 100 valence electrons. The fourth-order valence-corrected chi connectivity index (χ4v) is 2.45. The number of nitrogens with zero attached hydrogens (tertiary/aromatic N) is 1. The predicted octanol–water partition coefficient (Wildman–Crippen LogP) is 2.40. The van der Waals surface area contributed by atoms with Gasteiger partial charge in [-0.3, -0.25) is 9.69 Å². The number of hydrogen-bond acceptors (Lipinski definition) is 3. The lowest BCUT2D eigenvalue weighted by molar-refractivity contribution is -0.147. The van der Waals surface area contributed by atoms with Crippen molar-refractivity contribution in [1.29, 1.82) is 0 Å². The SMILES string of the molecule is Cc1c(CN2CC(C(=O)O)C2)oc2ccc(F)cc12. The molecule has 4 nitrogen and oxygen atoms in total. The number of carboxylic acids is 1. The summed E-state index contributed by atoms with van der Waals surface area (Å²) in [5, 5.41) is 9.61. The van der Waals surface area contributed by atoms with Gasteiger partial charge in [-0.25, -0.2) is 4.39 Å². The molecule has 0 aliphatic carbocycles. The highest BCUT2D eigenvalue weighted by Gasteiger charge is 2.33. The van der Waals surface area contributed by atoms with Crippen LogP contribution in [0.25, 0.3) is 11.0 Å². The van der Waals surface area contributed by atoms with Gasteiger partial charge >= 0.3 is 5.97 Å². The molecule has 2 aromatic rings. The minimum absolute atomic E-state index is 0.276. The Morgan fingerprint density at radius 2 is 2.26 bits per heavy atom. The molecule has 1 saturated heterocycles. The first-order valence-electron chi connectivity index (χ1n) is 6.17. The summed E-state index contributed by atoms with van der Waals surface area (Å²) in [4.78, 5) is 12.7. The number of furan rings is 1. The third kappa shape index (κ3) is 2.10. The van der Waals surface area contributed by atoms with Crippen molar-refractivity contribution in [2.45, 2.75) is 13.5 Å². The van der Waals surface area contributed by atoms with Gasteiger partial charge in [-0.2, -0.15) is 0 Å². The summed E-state index contributed by atoms with van der Waals surface area (Å²) in [6.07, 6.45) is 0. The minimum Gasteiger partial charge on any atom is -0.481 e. The first-order chi connectivity index (χ1) is 9.04. The third-order valence-electron chi connectivity index (χ3n) is 3.67. The van der Waals surface area contributed by atoms with E-state index in [-0.39, 0.29) is 11.7 Å². The largest absolute Gasteiger partial charge is 0.481 e. The van der Waals surface area contributed by atoms with Gasteiger partial charge in [0, 0.05) is 18.5 Å². The molecule has 19 heavy (non-hydrogen) atoms. The van der Waals surface area contributed by atoms with E-state index >= 15 is 0 Å². The Morgan fingerprint density at radius 1 is 1.53 bits per heavy atom. The first kappa shape index (κ1) is 12.2. The Kier molecular flexibility index (Phi) is 2.78. The number of benzene rings is 1. The number of aryl methyl sites for hydroxylation is 1. The summed E-state index contributed by atoms with van der Waals surface area (Å²) in [6.45, 7) is 3.56. The van der Waals surface area contributed by atoms with Crippen LogP contribution >= 0.6 is 0 Å². The van der Waals surface area contributed by atoms with Crippen molar-refractivity contribution in [3.63, 3.8) is 0 Å². The zero-order valence-corrected chi connectivity index (χ0v) is 10.5. The lowest BCUT2D eigenvalue weighted by Gasteiger charge is -2.35. The van der Waals surface area contributed by atoms with Crippen molar-refractivity contribution in [3.8, 4) is 0 Å². The molecule has 0 saturated carbocycles. The van der Waals surface area contributed by atoms with Crippen LogP contribution in [-0.4, -0.2) is 29.1 Å². The van der Waals surface area contributed by atoms with Crippen molar-refractivity contribution in [3.05, 3.63) is 35.3 Å². The van der Waals surface area contributed by atoms with Gasteiger partial charge in [-0.05, 0) is 30.7 Å². The summed E-state index contributed by atoms with van der Waals surface area (Å²) in [5.74, 6) is -0.524. The maximum Gasteiger partial charge on any atom is 0.309 e. The van der Waals surface area contributed by atoms with Crippen LogP contribution in [0.15, 0.2) is 22.6 Å². The maximum atomic E-state index is 13.2. The van der Waals surface area contributed by atoms with Crippen molar-refractivity contribution in [2.75, 3.05) is 13.1 Å². The molecule has 0 unspecified atom stereocenters. The van der Waals surface area contributed by atoms with Crippen LogP contribution in [-0.2, 0) is 11.3 Å². The lowest BCUT2D eigenvalue weighted by atomic mass is 10.00. The molecule has 1 aliphatic heterocycles. The van der Waals surface area contributed by atoms with E-state index in [0.29, 0.717) is 25.2 Å². The van der Waals surface area contributed by atoms with Crippen molar-refractivity contribution in [1.82, 2.24) is 4.90 Å². The molecule has 1 aromatic carbocycles. The standard InChI is InChI=1S/C14H14FNO3/c1-8-11-4-10(15)2-3-12(11)19-13(8)7-16-5-9(6-16)14(17)18/h2-4,9H,5-7H2,1H3,(H,17,18). The topological polar surface area (TPSA) is 53.7 Å². The Labute approximate surface area is 109 Å². The Hall–Kier alpha value is -1.88. The van der Waals surface area contributed by atoms with Gasteiger partial charge in [0.2, 0.25) is 0 Å². The quantitative estimate of drug-likeness (QED) is 0.923. The highest BCUT2D eigenvalue weighted by atomic mass is 19.1. The molecule has 5 heteroatoms. The lowest BCUT2D eigenvalue weighted by Crippen LogP contribution is -2.49. The van der Waals surface area contributed by atoms with E-state index in [0.717, 1.165) is 16.7 Å². The van der Waals surface area contributed by atoms with Gasteiger partial charge in [0.15, 0.2) is 0 Å². The smallest absolute Gasteiger partial charge is 0.309 e. The molecule has 0 atom stereocenters. The van der Waals surface area contributed by atoms with E-state index < -0.39 is 5.97 Å². The maximum absolute atomic E-state index is 13.2. The van der Waals surface area contributed by atoms with Crippen LogP contribution in [0.5, 0.6) is 0 Å². The average molecular weight is 263 g/mol. The summed E-state index contributed by atoms with van der Waals surface area (Å²) in [5.41, 5.74) is 1.59. The summed E-state index contributed by atoms with van der Waals surface area (Å²) in [6, 6.07) is 4.46. The molecular formula is C14H14FNO3. The fourth-order valence-electron chi connectivity index (χ4n) is 2.45. The van der Waals surface area contributed by atoms with Crippen molar-refractivity contribution < 1.29 is 18.7 Å². The van der Waals surface area contributed by atoms with Crippen molar-refractivity contribution >= 4 is 16.9 Å². The zero-order valence-electron chi connectivity index (χ0n) is 10.5. The number of rotatable bonds is 3. The summed E-state index contributed by atoms with van der Waals surface area (Å²) < 4.78 is 18.9. The number of aliphatic carboxylic acids is 1.